The zero-order valence-corrected chi connectivity index (χ0v) is 15.5. The molecule has 1 heterocycles. The molecule has 3 aromatic rings. The molecule has 0 atom stereocenters. The van der Waals surface area contributed by atoms with Crippen LogP contribution in [0.25, 0.3) is 0 Å². The number of nitrogens with zero attached hydrogens (tertiary/aromatic N) is 3. The van der Waals surface area contributed by atoms with Gasteiger partial charge in [0, 0.05) is 37.4 Å². The third-order valence-corrected chi connectivity index (χ3v) is 3.97. The van der Waals surface area contributed by atoms with Gasteiger partial charge in [-0.25, -0.2) is 4.98 Å². The Morgan fingerprint density at radius 2 is 1.78 bits per heavy atom. The second kappa shape index (κ2) is 7.74. The molecule has 0 spiro atoms. The average Bonchev–Trinajstić information content (AvgIpc) is 2.62. The van der Waals surface area contributed by atoms with Crippen LogP contribution in [0.15, 0.2) is 54.7 Å². The first-order valence-electron chi connectivity index (χ1n) is 8.47. The quantitative estimate of drug-likeness (QED) is 0.622. The van der Waals surface area contributed by atoms with Gasteiger partial charge < -0.3 is 21.3 Å². The van der Waals surface area contributed by atoms with Gasteiger partial charge in [-0.05, 0) is 48.9 Å². The number of nitrogens with two attached hydrogens (primary N) is 1. The summed E-state index contributed by atoms with van der Waals surface area (Å²) in [4.78, 5) is 22.4. The molecule has 4 N–H and O–H groups in total. The van der Waals surface area contributed by atoms with E-state index in [0.29, 0.717) is 11.8 Å². The number of anilines is 5. The number of hydrogen-bond donors (Lipinski definition) is 3. The third-order valence-electron chi connectivity index (χ3n) is 3.97. The molecule has 2 aromatic carbocycles. The van der Waals surface area contributed by atoms with Gasteiger partial charge in [0.15, 0.2) is 0 Å². The van der Waals surface area contributed by atoms with Crippen molar-refractivity contribution in [2.75, 3.05) is 29.6 Å². The van der Waals surface area contributed by atoms with Gasteiger partial charge in [0.2, 0.25) is 5.95 Å². The fourth-order valence-corrected chi connectivity index (χ4v) is 2.55. The molecule has 0 aliphatic heterocycles. The molecule has 1 amide bonds. The average molecular weight is 362 g/mol. The normalized spacial score (nSPS) is 10.3. The number of carbonyl (C=O) groups is 1. The summed E-state index contributed by atoms with van der Waals surface area (Å²) >= 11 is 0. The monoisotopic (exact) mass is 362 g/mol. The fraction of sp³-hybridized carbons (Fsp3) is 0.150. The number of aromatic nitrogens is 2. The topological polar surface area (TPSA) is 96.2 Å². The van der Waals surface area contributed by atoms with Crippen molar-refractivity contribution < 1.29 is 4.79 Å². The van der Waals surface area contributed by atoms with E-state index in [9.17, 15) is 4.79 Å². The van der Waals surface area contributed by atoms with Crippen molar-refractivity contribution in [3.63, 3.8) is 0 Å². The van der Waals surface area contributed by atoms with Crippen LogP contribution in [0.2, 0.25) is 0 Å². The van der Waals surface area contributed by atoms with Gasteiger partial charge >= 0.3 is 0 Å². The summed E-state index contributed by atoms with van der Waals surface area (Å²) in [5.41, 5.74) is 9.53. The molecular formula is C20H22N6O. The SMILES string of the molecule is Cc1cccc(Nc2nc(Nc3ccc(N(C)C)cc3)ncc2C(N)=O)c1. The minimum absolute atomic E-state index is 0.227. The van der Waals surface area contributed by atoms with Crippen LogP contribution >= 0.6 is 0 Å². The second-order valence-electron chi connectivity index (χ2n) is 6.38. The minimum Gasteiger partial charge on any atom is -0.378 e. The lowest BCUT2D eigenvalue weighted by Crippen LogP contribution is -2.15. The van der Waals surface area contributed by atoms with Gasteiger partial charge in [0.05, 0.1) is 0 Å². The van der Waals surface area contributed by atoms with Crippen LogP contribution in [0.4, 0.5) is 28.8 Å². The number of nitrogens with one attached hydrogen (secondary N) is 2. The summed E-state index contributed by atoms with van der Waals surface area (Å²) in [6, 6.07) is 15.6. The van der Waals surface area contributed by atoms with E-state index in [2.05, 4.69) is 20.6 Å². The van der Waals surface area contributed by atoms with E-state index < -0.39 is 5.91 Å². The molecule has 7 heteroatoms. The highest BCUT2D eigenvalue weighted by Gasteiger charge is 2.13. The minimum atomic E-state index is -0.591. The Balaban J connectivity index is 1.87. The number of aryl methyl sites for hydroxylation is 1. The smallest absolute Gasteiger partial charge is 0.254 e. The first kappa shape index (κ1) is 18.2. The van der Waals surface area contributed by atoms with Crippen molar-refractivity contribution in [3.05, 3.63) is 65.9 Å². The van der Waals surface area contributed by atoms with Crippen LogP contribution in [0.5, 0.6) is 0 Å². The highest BCUT2D eigenvalue weighted by molar-refractivity contribution is 5.98. The van der Waals surface area contributed by atoms with E-state index in [4.69, 9.17) is 5.73 Å². The van der Waals surface area contributed by atoms with Crippen molar-refractivity contribution in [2.45, 2.75) is 6.92 Å². The van der Waals surface area contributed by atoms with Crippen LogP contribution in [0.3, 0.4) is 0 Å². The van der Waals surface area contributed by atoms with Crippen molar-refractivity contribution in [3.8, 4) is 0 Å². The number of carbonyl (C=O) groups excluding carboxylic acids is 1. The predicted octanol–water partition coefficient (Wildman–Crippen LogP) is 3.44. The Kier molecular flexibility index (Phi) is 5.21. The van der Waals surface area contributed by atoms with Gasteiger partial charge in [0.25, 0.3) is 5.91 Å². The molecule has 0 radical (unpaired) electrons. The van der Waals surface area contributed by atoms with Crippen molar-refractivity contribution >= 4 is 34.7 Å². The van der Waals surface area contributed by atoms with E-state index in [1.165, 1.54) is 6.20 Å². The number of hydrogen-bond acceptors (Lipinski definition) is 6. The molecule has 3 rings (SSSR count). The summed E-state index contributed by atoms with van der Waals surface area (Å²) in [7, 11) is 3.97. The Morgan fingerprint density at radius 3 is 2.41 bits per heavy atom. The first-order valence-corrected chi connectivity index (χ1v) is 8.47. The molecule has 0 unspecified atom stereocenters. The number of rotatable bonds is 6. The molecule has 1 aromatic heterocycles. The summed E-state index contributed by atoms with van der Waals surface area (Å²) < 4.78 is 0. The lowest BCUT2D eigenvalue weighted by Gasteiger charge is -2.14. The Bertz CT molecular complexity index is 953. The lowest BCUT2D eigenvalue weighted by atomic mass is 10.2. The molecule has 0 saturated carbocycles. The van der Waals surface area contributed by atoms with Gasteiger partial charge in [-0.15, -0.1) is 0 Å². The molecule has 0 aliphatic carbocycles. The zero-order chi connectivity index (χ0) is 19.4. The predicted molar refractivity (Wildman–Crippen MR) is 109 cm³/mol. The van der Waals surface area contributed by atoms with Gasteiger partial charge in [0.1, 0.15) is 11.4 Å². The highest BCUT2D eigenvalue weighted by Crippen LogP contribution is 2.23. The van der Waals surface area contributed by atoms with Crippen LogP contribution in [0, 0.1) is 6.92 Å². The van der Waals surface area contributed by atoms with E-state index in [-0.39, 0.29) is 5.56 Å². The molecular weight excluding hydrogens is 340 g/mol. The van der Waals surface area contributed by atoms with Crippen molar-refractivity contribution in [1.82, 2.24) is 9.97 Å². The van der Waals surface area contributed by atoms with Crippen LogP contribution in [0.1, 0.15) is 15.9 Å². The van der Waals surface area contributed by atoms with Gasteiger partial charge in [-0.1, -0.05) is 12.1 Å². The highest BCUT2D eigenvalue weighted by atomic mass is 16.1. The number of primary amides is 1. The number of amides is 1. The van der Waals surface area contributed by atoms with Gasteiger partial charge in [-0.2, -0.15) is 4.98 Å². The molecule has 138 valence electrons. The van der Waals surface area contributed by atoms with Crippen LogP contribution in [-0.2, 0) is 0 Å². The first-order chi connectivity index (χ1) is 12.9. The van der Waals surface area contributed by atoms with Crippen LogP contribution < -0.4 is 21.3 Å². The second-order valence-corrected chi connectivity index (χ2v) is 6.38. The number of benzene rings is 2. The summed E-state index contributed by atoms with van der Waals surface area (Å²) in [6.45, 7) is 1.99. The molecule has 0 bridgehead atoms. The summed E-state index contributed by atoms with van der Waals surface area (Å²) in [6.07, 6.45) is 1.42. The molecule has 0 saturated heterocycles. The van der Waals surface area contributed by atoms with Crippen molar-refractivity contribution in [2.24, 2.45) is 5.73 Å². The molecule has 27 heavy (non-hydrogen) atoms. The third kappa shape index (κ3) is 4.52. The zero-order valence-electron chi connectivity index (χ0n) is 15.5. The van der Waals surface area contributed by atoms with Gasteiger partial charge in [-0.3, -0.25) is 4.79 Å². The Hall–Kier alpha value is -3.61. The van der Waals surface area contributed by atoms with Crippen molar-refractivity contribution in [1.29, 1.82) is 0 Å². The van der Waals surface area contributed by atoms with E-state index in [1.54, 1.807) is 0 Å². The van der Waals surface area contributed by atoms with E-state index in [0.717, 1.165) is 22.6 Å². The Labute approximate surface area is 158 Å². The van der Waals surface area contributed by atoms with E-state index in [1.807, 2.05) is 74.4 Å². The van der Waals surface area contributed by atoms with Crippen LogP contribution in [-0.4, -0.2) is 30.0 Å². The lowest BCUT2D eigenvalue weighted by molar-refractivity contribution is 0.100. The summed E-state index contributed by atoms with van der Waals surface area (Å²) in [5.74, 6) is 0.135. The molecule has 0 aliphatic rings. The standard InChI is InChI=1S/C20H22N6O/c1-13-5-4-6-15(11-13)23-19-17(18(21)27)12-22-20(25-19)24-14-7-9-16(10-8-14)26(2)3/h4-12H,1-3H3,(H2,21,27)(H2,22,23,24,25). The molecule has 0 fully saturated rings. The Morgan fingerprint density at radius 1 is 1.04 bits per heavy atom. The molecule has 7 nitrogen and oxygen atoms in total. The largest absolute Gasteiger partial charge is 0.378 e. The maximum absolute atomic E-state index is 11.7. The van der Waals surface area contributed by atoms with E-state index >= 15 is 0 Å². The fourth-order valence-electron chi connectivity index (χ4n) is 2.55. The maximum Gasteiger partial charge on any atom is 0.254 e. The summed E-state index contributed by atoms with van der Waals surface area (Å²) in [5, 5.41) is 6.29. The maximum atomic E-state index is 11.7.